The molecule has 1 amide bonds. The fourth-order valence-corrected chi connectivity index (χ4v) is 1.83. The lowest BCUT2D eigenvalue weighted by Gasteiger charge is -2.04. The predicted molar refractivity (Wildman–Crippen MR) is 70.5 cm³/mol. The van der Waals surface area contributed by atoms with Crippen LogP contribution in [0, 0.1) is 25.2 Å². The van der Waals surface area contributed by atoms with Gasteiger partial charge in [-0.2, -0.15) is 5.26 Å². The number of rotatable bonds is 3. The average molecular weight is 254 g/mol. The molecule has 0 unspecified atom stereocenters. The Morgan fingerprint density at radius 1 is 1.32 bits per heavy atom. The molecule has 0 fully saturated rings. The lowest BCUT2D eigenvalue weighted by Crippen LogP contribution is -2.22. The molecule has 0 aliphatic heterocycles. The molecule has 2 rings (SSSR count). The quantitative estimate of drug-likeness (QED) is 0.915. The van der Waals surface area contributed by atoms with E-state index in [0.717, 1.165) is 11.3 Å². The van der Waals surface area contributed by atoms with E-state index in [1.54, 1.807) is 25.1 Å². The molecule has 1 aromatic heterocycles. The highest BCUT2D eigenvalue weighted by Gasteiger charge is 2.12. The number of amides is 1. The normalized spacial score (nSPS) is 9.95. The summed E-state index contributed by atoms with van der Waals surface area (Å²) in [6.45, 7) is 4.00. The van der Waals surface area contributed by atoms with E-state index in [0.29, 0.717) is 23.4 Å². The fourth-order valence-electron chi connectivity index (χ4n) is 1.83. The SMILES string of the molecule is Cc1cc(C(=O)NCc2ccc(C#N)cc2)c(C)o1. The number of aryl methyl sites for hydroxylation is 2. The Labute approximate surface area is 111 Å². The van der Waals surface area contributed by atoms with Crippen molar-refractivity contribution in [3.8, 4) is 6.07 Å². The van der Waals surface area contributed by atoms with E-state index in [2.05, 4.69) is 11.4 Å². The summed E-state index contributed by atoms with van der Waals surface area (Å²) in [6, 6.07) is 10.9. The molecule has 1 aromatic carbocycles. The van der Waals surface area contributed by atoms with Gasteiger partial charge in [0.15, 0.2) is 0 Å². The van der Waals surface area contributed by atoms with Crippen molar-refractivity contribution in [3.05, 3.63) is 58.5 Å². The van der Waals surface area contributed by atoms with Gasteiger partial charge in [0.25, 0.3) is 5.91 Å². The molecule has 0 spiro atoms. The minimum Gasteiger partial charge on any atom is -0.466 e. The minimum atomic E-state index is -0.154. The van der Waals surface area contributed by atoms with Crippen molar-refractivity contribution < 1.29 is 9.21 Å². The number of nitriles is 1. The van der Waals surface area contributed by atoms with Crippen LogP contribution in [0.5, 0.6) is 0 Å². The Morgan fingerprint density at radius 3 is 2.53 bits per heavy atom. The van der Waals surface area contributed by atoms with Crippen LogP contribution in [0.1, 0.15) is 33.0 Å². The van der Waals surface area contributed by atoms with E-state index in [9.17, 15) is 4.79 Å². The Kier molecular flexibility index (Phi) is 3.67. The molecule has 0 atom stereocenters. The van der Waals surface area contributed by atoms with Crippen LogP contribution >= 0.6 is 0 Å². The molecule has 19 heavy (non-hydrogen) atoms. The van der Waals surface area contributed by atoms with Crippen LogP contribution in [0.2, 0.25) is 0 Å². The first-order chi connectivity index (χ1) is 9.10. The van der Waals surface area contributed by atoms with E-state index in [4.69, 9.17) is 9.68 Å². The van der Waals surface area contributed by atoms with Gasteiger partial charge in [-0.1, -0.05) is 12.1 Å². The lowest BCUT2D eigenvalue weighted by molar-refractivity contribution is 0.0949. The number of nitrogens with one attached hydrogen (secondary N) is 1. The highest BCUT2D eigenvalue weighted by atomic mass is 16.3. The van der Waals surface area contributed by atoms with E-state index in [1.165, 1.54) is 0 Å². The van der Waals surface area contributed by atoms with Gasteiger partial charge in [0, 0.05) is 6.54 Å². The first kappa shape index (κ1) is 12.9. The van der Waals surface area contributed by atoms with Crippen LogP contribution in [0.15, 0.2) is 34.7 Å². The summed E-state index contributed by atoms with van der Waals surface area (Å²) >= 11 is 0. The van der Waals surface area contributed by atoms with Crippen molar-refractivity contribution in [2.24, 2.45) is 0 Å². The molecule has 0 aliphatic carbocycles. The van der Waals surface area contributed by atoms with E-state index in [-0.39, 0.29) is 5.91 Å². The van der Waals surface area contributed by atoms with E-state index < -0.39 is 0 Å². The molecule has 96 valence electrons. The maximum atomic E-state index is 12.0. The van der Waals surface area contributed by atoms with Crippen molar-refractivity contribution in [2.75, 3.05) is 0 Å². The molecule has 4 nitrogen and oxygen atoms in total. The van der Waals surface area contributed by atoms with Gasteiger partial charge in [-0.15, -0.1) is 0 Å². The second-order valence-corrected chi connectivity index (χ2v) is 4.32. The van der Waals surface area contributed by atoms with Gasteiger partial charge < -0.3 is 9.73 Å². The van der Waals surface area contributed by atoms with Crippen molar-refractivity contribution >= 4 is 5.91 Å². The first-order valence-electron chi connectivity index (χ1n) is 5.94. The summed E-state index contributed by atoms with van der Waals surface area (Å²) in [4.78, 5) is 12.0. The third-order valence-corrected chi connectivity index (χ3v) is 2.82. The second kappa shape index (κ2) is 5.40. The van der Waals surface area contributed by atoms with Gasteiger partial charge in [-0.25, -0.2) is 0 Å². The number of carbonyl (C=O) groups excluding carboxylic acids is 1. The summed E-state index contributed by atoms with van der Waals surface area (Å²) in [6.07, 6.45) is 0. The smallest absolute Gasteiger partial charge is 0.255 e. The van der Waals surface area contributed by atoms with E-state index in [1.807, 2.05) is 19.1 Å². The number of furan rings is 1. The van der Waals surface area contributed by atoms with Gasteiger partial charge in [-0.3, -0.25) is 4.79 Å². The van der Waals surface area contributed by atoms with Gasteiger partial charge in [-0.05, 0) is 37.6 Å². The van der Waals surface area contributed by atoms with Gasteiger partial charge in [0.1, 0.15) is 11.5 Å². The van der Waals surface area contributed by atoms with Crippen LogP contribution < -0.4 is 5.32 Å². The maximum absolute atomic E-state index is 12.0. The number of hydrogen-bond donors (Lipinski definition) is 1. The molecule has 1 N–H and O–H groups in total. The highest BCUT2D eigenvalue weighted by Crippen LogP contribution is 2.13. The molecule has 2 aromatic rings. The number of hydrogen-bond acceptors (Lipinski definition) is 3. The Morgan fingerprint density at radius 2 is 2.00 bits per heavy atom. The summed E-state index contributed by atoms with van der Waals surface area (Å²) < 4.78 is 5.32. The number of benzene rings is 1. The zero-order chi connectivity index (χ0) is 13.8. The maximum Gasteiger partial charge on any atom is 0.255 e. The van der Waals surface area contributed by atoms with Crippen molar-refractivity contribution in [3.63, 3.8) is 0 Å². The minimum absolute atomic E-state index is 0.154. The summed E-state index contributed by atoms with van der Waals surface area (Å²) in [5, 5.41) is 11.5. The Hall–Kier alpha value is -2.54. The predicted octanol–water partition coefficient (Wildman–Crippen LogP) is 2.70. The molecule has 0 radical (unpaired) electrons. The molecular weight excluding hydrogens is 240 g/mol. The topological polar surface area (TPSA) is 66.0 Å². The van der Waals surface area contributed by atoms with Crippen LogP contribution in [0.3, 0.4) is 0 Å². The first-order valence-corrected chi connectivity index (χ1v) is 5.94. The molecule has 4 heteroatoms. The highest BCUT2D eigenvalue weighted by molar-refractivity contribution is 5.95. The molecule has 0 saturated carbocycles. The van der Waals surface area contributed by atoms with Gasteiger partial charge in [0.2, 0.25) is 0 Å². The number of carbonyl (C=O) groups is 1. The fraction of sp³-hybridized carbons (Fsp3) is 0.200. The van der Waals surface area contributed by atoms with Crippen molar-refractivity contribution in [2.45, 2.75) is 20.4 Å². The number of nitrogens with zero attached hydrogens (tertiary/aromatic N) is 1. The van der Waals surface area contributed by atoms with Crippen LogP contribution in [-0.4, -0.2) is 5.91 Å². The third kappa shape index (κ3) is 3.02. The molecule has 0 aliphatic rings. The Bertz CT molecular complexity index is 633. The van der Waals surface area contributed by atoms with Gasteiger partial charge in [0.05, 0.1) is 17.2 Å². The Balaban J connectivity index is 2.00. The standard InChI is InChI=1S/C15H14N2O2/c1-10-7-14(11(2)19-10)15(18)17-9-13-5-3-12(8-16)4-6-13/h3-7H,9H2,1-2H3,(H,17,18). The van der Waals surface area contributed by atoms with Crippen molar-refractivity contribution in [1.29, 1.82) is 5.26 Å². The van der Waals surface area contributed by atoms with Crippen molar-refractivity contribution in [1.82, 2.24) is 5.32 Å². The molecular formula is C15H14N2O2. The average Bonchev–Trinajstić information content (AvgIpc) is 2.75. The summed E-state index contributed by atoms with van der Waals surface area (Å²) in [5.41, 5.74) is 2.12. The van der Waals surface area contributed by atoms with Crippen LogP contribution in [0.4, 0.5) is 0 Å². The van der Waals surface area contributed by atoms with Crippen LogP contribution in [-0.2, 0) is 6.54 Å². The molecule has 0 saturated heterocycles. The monoisotopic (exact) mass is 254 g/mol. The lowest BCUT2D eigenvalue weighted by atomic mass is 10.1. The summed E-state index contributed by atoms with van der Waals surface area (Å²) in [5.74, 6) is 1.19. The zero-order valence-electron chi connectivity index (χ0n) is 10.9. The zero-order valence-corrected chi connectivity index (χ0v) is 10.9. The molecule has 0 bridgehead atoms. The molecule has 1 heterocycles. The van der Waals surface area contributed by atoms with E-state index >= 15 is 0 Å². The van der Waals surface area contributed by atoms with Gasteiger partial charge >= 0.3 is 0 Å². The third-order valence-electron chi connectivity index (χ3n) is 2.82. The largest absolute Gasteiger partial charge is 0.466 e. The second-order valence-electron chi connectivity index (χ2n) is 4.32. The summed E-state index contributed by atoms with van der Waals surface area (Å²) in [7, 11) is 0. The van der Waals surface area contributed by atoms with Crippen LogP contribution in [0.25, 0.3) is 0 Å².